The van der Waals surface area contributed by atoms with Crippen molar-refractivity contribution in [2.24, 2.45) is 0 Å². The van der Waals surface area contributed by atoms with E-state index in [1.807, 2.05) is 31.2 Å². The molecule has 100 valence electrons. The van der Waals surface area contributed by atoms with Crippen molar-refractivity contribution in [1.82, 2.24) is 10.2 Å². The van der Waals surface area contributed by atoms with Gasteiger partial charge in [0, 0.05) is 18.5 Å². The molecule has 1 amide bonds. The van der Waals surface area contributed by atoms with Crippen LogP contribution in [0.15, 0.2) is 24.3 Å². The number of hydrogen-bond donors (Lipinski definition) is 2. The van der Waals surface area contributed by atoms with Gasteiger partial charge in [-0.2, -0.15) is 5.10 Å². The van der Waals surface area contributed by atoms with Gasteiger partial charge in [-0.05, 0) is 31.5 Å². The van der Waals surface area contributed by atoms with Crippen LogP contribution >= 0.6 is 0 Å². The lowest BCUT2D eigenvalue weighted by Gasteiger charge is -2.07. The maximum atomic E-state index is 12.2. The smallest absolute Gasteiger partial charge is 0.259 e. The number of anilines is 1. The van der Waals surface area contributed by atoms with E-state index in [0.29, 0.717) is 17.9 Å². The second-order valence-corrected chi connectivity index (χ2v) is 4.40. The van der Waals surface area contributed by atoms with Crippen LogP contribution in [0.5, 0.6) is 0 Å². The number of nitrogens with one attached hydrogen (secondary N) is 2. The molecular weight excluding hydrogens is 242 g/mol. The van der Waals surface area contributed by atoms with Crippen molar-refractivity contribution in [2.45, 2.75) is 20.5 Å². The van der Waals surface area contributed by atoms with Crippen LogP contribution in [-0.4, -0.2) is 23.2 Å². The van der Waals surface area contributed by atoms with Gasteiger partial charge in [0.2, 0.25) is 0 Å². The third-order valence-electron chi connectivity index (χ3n) is 2.85. The molecule has 0 atom stereocenters. The molecule has 1 aromatic heterocycles. The van der Waals surface area contributed by atoms with Gasteiger partial charge in [0.1, 0.15) is 0 Å². The fraction of sp³-hybridized carbons (Fsp3) is 0.286. The summed E-state index contributed by atoms with van der Waals surface area (Å²) >= 11 is 0. The lowest BCUT2D eigenvalue weighted by molar-refractivity contribution is 0.102. The first-order chi connectivity index (χ1) is 9.11. The highest BCUT2D eigenvalue weighted by molar-refractivity contribution is 6.05. The monoisotopic (exact) mass is 259 g/mol. The molecule has 0 saturated carbocycles. The molecule has 0 fully saturated rings. The number of nitrogens with zero attached hydrogens (tertiary/aromatic N) is 1. The summed E-state index contributed by atoms with van der Waals surface area (Å²) in [6.07, 6.45) is 0. The summed E-state index contributed by atoms with van der Waals surface area (Å²) in [6, 6.07) is 7.58. The number of aryl methyl sites for hydroxylation is 2. The van der Waals surface area contributed by atoms with Crippen molar-refractivity contribution in [2.75, 3.05) is 12.4 Å². The molecule has 1 heterocycles. The highest BCUT2D eigenvalue weighted by Gasteiger charge is 2.15. The predicted molar refractivity (Wildman–Crippen MR) is 73.2 cm³/mol. The van der Waals surface area contributed by atoms with Crippen LogP contribution in [-0.2, 0) is 11.3 Å². The van der Waals surface area contributed by atoms with Gasteiger partial charge in [0.25, 0.3) is 5.91 Å². The first kappa shape index (κ1) is 13.3. The van der Waals surface area contributed by atoms with E-state index in [2.05, 4.69) is 15.5 Å². The van der Waals surface area contributed by atoms with Crippen molar-refractivity contribution in [3.8, 4) is 0 Å². The second kappa shape index (κ2) is 5.67. The van der Waals surface area contributed by atoms with Crippen LogP contribution < -0.4 is 5.32 Å². The minimum atomic E-state index is -0.154. The number of hydrogen-bond acceptors (Lipinski definition) is 3. The van der Waals surface area contributed by atoms with E-state index in [1.54, 1.807) is 14.0 Å². The van der Waals surface area contributed by atoms with E-state index in [9.17, 15) is 4.79 Å². The lowest BCUT2D eigenvalue weighted by Crippen LogP contribution is -2.13. The number of ether oxygens (including phenoxy) is 1. The third-order valence-corrected chi connectivity index (χ3v) is 2.85. The topological polar surface area (TPSA) is 67.0 Å². The maximum Gasteiger partial charge on any atom is 0.259 e. The first-order valence-corrected chi connectivity index (χ1v) is 6.02. The summed E-state index contributed by atoms with van der Waals surface area (Å²) in [4.78, 5) is 12.2. The quantitative estimate of drug-likeness (QED) is 0.886. The van der Waals surface area contributed by atoms with Gasteiger partial charge in [-0.3, -0.25) is 9.89 Å². The highest BCUT2D eigenvalue weighted by atomic mass is 16.5. The Morgan fingerprint density at radius 2 is 2.21 bits per heavy atom. The Labute approximate surface area is 112 Å². The summed E-state index contributed by atoms with van der Waals surface area (Å²) in [5.74, 6) is -0.154. The number of aromatic nitrogens is 2. The Kier molecular flexibility index (Phi) is 3.97. The highest BCUT2D eigenvalue weighted by Crippen LogP contribution is 2.15. The molecule has 2 rings (SSSR count). The van der Waals surface area contributed by atoms with Crippen LogP contribution in [0.4, 0.5) is 5.69 Å². The average Bonchev–Trinajstić information content (AvgIpc) is 2.70. The summed E-state index contributed by atoms with van der Waals surface area (Å²) in [5, 5.41) is 9.69. The molecule has 2 N–H and O–H groups in total. The Morgan fingerprint density at radius 3 is 2.84 bits per heavy atom. The summed E-state index contributed by atoms with van der Waals surface area (Å²) < 4.78 is 5.07. The Morgan fingerprint density at radius 1 is 1.42 bits per heavy atom. The first-order valence-electron chi connectivity index (χ1n) is 6.02. The van der Waals surface area contributed by atoms with Crippen LogP contribution in [0.2, 0.25) is 0 Å². The number of aromatic amines is 1. The van der Waals surface area contributed by atoms with Crippen molar-refractivity contribution >= 4 is 11.6 Å². The van der Waals surface area contributed by atoms with Gasteiger partial charge >= 0.3 is 0 Å². The zero-order valence-corrected chi connectivity index (χ0v) is 11.3. The minimum Gasteiger partial charge on any atom is -0.380 e. The SMILES string of the molecule is COCc1cccc(NC(=O)c2c(C)n[nH]c2C)c1. The maximum absolute atomic E-state index is 12.2. The number of H-pyrrole nitrogens is 1. The zero-order valence-electron chi connectivity index (χ0n) is 11.3. The number of amides is 1. The lowest BCUT2D eigenvalue weighted by atomic mass is 10.1. The van der Waals surface area contributed by atoms with Gasteiger partial charge in [-0.25, -0.2) is 0 Å². The van der Waals surface area contributed by atoms with E-state index >= 15 is 0 Å². The van der Waals surface area contributed by atoms with Crippen molar-refractivity contribution < 1.29 is 9.53 Å². The summed E-state index contributed by atoms with van der Waals surface area (Å²) in [5.41, 5.74) is 3.82. The molecular formula is C14H17N3O2. The molecule has 0 radical (unpaired) electrons. The molecule has 1 aromatic carbocycles. The van der Waals surface area contributed by atoms with E-state index in [0.717, 1.165) is 16.9 Å². The van der Waals surface area contributed by atoms with Gasteiger partial charge in [-0.1, -0.05) is 12.1 Å². The Bertz CT molecular complexity index is 571. The molecule has 5 heteroatoms. The fourth-order valence-electron chi connectivity index (χ4n) is 1.98. The van der Waals surface area contributed by atoms with E-state index in [-0.39, 0.29) is 5.91 Å². The van der Waals surface area contributed by atoms with Crippen LogP contribution in [0, 0.1) is 13.8 Å². The second-order valence-electron chi connectivity index (χ2n) is 4.40. The zero-order chi connectivity index (χ0) is 13.8. The standard InChI is InChI=1S/C14H17N3O2/c1-9-13(10(2)17-16-9)14(18)15-12-6-4-5-11(7-12)8-19-3/h4-7H,8H2,1-3H3,(H,15,18)(H,16,17). The molecule has 2 aromatic rings. The Balaban J connectivity index is 2.17. The number of carbonyl (C=O) groups is 1. The predicted octanol–water partition coefficient (Wildman–Crippen LogP) is 2.43. The van der Waals surface area contributed by atoms with Crippen LogP contribution in [0.25, 0.3) is 0 Å². The third kappa shape index (κ3) is 3.00. The van der Waals surface area contributed by atoms with Gasteiger partial charge < -0.3 is 10.1 Å². The van der Waals surface area contributed by atoms with Gasteiger partial charge in [-0.15, -0.1) is 0 Å². The molecule has 0 saturated heterocycles. The van der Waals surface area contributed by atoms with Crippen LogP contribution in [0.3, 0.4) is 0 Å². The van der Waals surface area contributed by atoms with Crippen molar-refractivity contribution in [3.63, 3.8) is 0 Å². The molecule has 0 aliphatic carbocycles. The summed E-state index contributed by atoms with van der Waals surface area (Å²) in [6.45, 7) is 4.16. The molecule has 0 aliphatic heterocycles. The number of methoxy groups -OCH3 is 1. The molecule has 5 nitrogen and oxygen atoms in total. The molecule has 0 bridgehead atoms. The largest absolute Gasteiger partial charge is 0.380 e. The van der Waals surface area contributed by atoms with Gasteiger partial charge in [0.05, 0.1) is 17.9 Å². The van der Waals surface area contributed by atoms with E-state index < -0.39 is 0 Å². The van der Waals surface area contributed by atoms with Gasteiger partial charge in [0.15, 0.2) is 0 Å². The van der Waals surface area contributed by atoms with E-state index in [1.165, 1.54) is 0 Å². The molecule has 0 spiro atoms. The molecule has 19 heavy (non-hydrogen) atoms. The Hall–Kier alpha value is -2.14. The van der Waals surface area contributed by atoms with E-state index in [4.69, 9.17) is 4.74 Å². The minimum absolute atomic E-state index is 0.154. The normalized spacial score (nSPS) is 10.5. The van der Waals surface area contributed by atoms with Crippen LogP contribution in [0.1, 0.15) is 27.3 Å². The summed E-state index contributed by atoms with van der Waals surface area (Å²) in [7, 11) is 1.64. The fourth-order valence-corrected chi connectivity index (χ4v) is 1.98. The number of rotatable bonds is 4. The van der Waals surface area contributed by atoms with Crippen molar-refractivity contribution in [1.29, 1.82) is 0 Å². The molecule has 0 aliphatic rings. The molecule has 0 unspecified atom stereocenters. The van der Waals surface area contributed by atoms with Crippen molar-refractivity contribution in [3.05, 3.63) is 46.8 Å². The number of benzene rings is 1. The average molecular weight is 259 g/mol. The number of carbonyl (C=O) groups excluding carboxylic acids is 1.